The van der Waals surface area contributed by atoms with Gasteiger partial charge in [-0.1, -0.05) is 0 Å². The van der Waals surface area contributed by atoms with Crippen molar-refractivity contribution in [2.45, 2.75) is 18.7 Å². The van der Waals surface area contributed by atoms with Gasteiger partial charge in [0.2, 0.25) is 0 Å². The first kappa shape index (κ1) is 15.1. The van der Waals surface area contributed by atoms with E-state index >= 15 is 0 Å². The van der Waals surface area contributed by atoms with Crippen LogP contribution in [0.4, 0.5) is 0 Å². The Morgan fingerprint density at radius 1 is 1.29 bits per heavy atom. The van der Waals surface area contributed by atoms with Crippen LogP contribution in [0.5, 0.6) is 11.5 Å². The second-order valence-electron chi connectivity index (χ2n) is 4.58. The fourth-order valence-corrected chi connectivity index (χ4v) is 2.35. The average Bonchev–Trinajstić information content (AvgIpc) is 2.49. The monoisotopic (exact) mass is 295 g/mol. The molecule has 0 unspecified atom stereocenters. The minimum absolute atomic E-state index is 0.142. The molecule has 1 aromatic carbocycles. The van der Waals surface area contributed by atoms with Crippen molar-refractivity contribution < 1.29 is 28.9 Å². The number of nitrogens with zero attached hydrogens (tertiary/aromatic N) is 1. The van der Waals surface area contributed by atoms with Crippen molar-refractivity contribution >= 4 is 11.9 Å². The molecule has 7 heteroatoms. The van der Waals surface area contributed by atoms with Crippen LogP contribution in [0.1, 0.15) is 5.56 Å². The first-order valence-electron chi connectivity index (χ1n) is 6.30. The molecule has 1 amide bonds. The molecule has 1 aliphatic rings. The molecule has 1 aromatic rings. The van der Waals surface area contributed by atoms with Crippen molar-refractivity contribution in [3.05, 3.63) is 23.8 Å². The third-order valence-corrected chi connectivity index (χ3v) is 3.49. The summed E-state index contributed by atoms with van der Waals surface area (Å²) in [6.07, 6.45) is -0.924. The summed E-state index contributed by atoms with van der Waals surface area (Å²) in [4.78, 5) is 24.4. The minimum Gasteiger partial charge on any atom is -0.497 e. The highest BCUT2D eigenvalue weighted by atomic mass is 16.5. The van der Waals surface area contributed by atoms with Gasteiger partial charge in [-0.25, -0.2) is 4.79 Å². The van der Waals surface area contributed by atoms with Crippen LogP contribution >= 0.6 is 0 Å². The molecule has 0 bridgehead atoms. The molecule has 2 rings (SSSR count). The van der Waals surface area contributed by atoms with Gasteiger partial charge >= 0.3 is 5.97 Å². The van der Waals surface area contributed by atoms with Gasteiger partial charge in [0.15, 0.2) is 12.1 Å². The van der Waals surface area contributed by atoms with Gasteiger partial charge in [0.05, 0.1) is 20.8 Å². The highest BCUT2D eigenvalue weighted by Crippen LogP contribution is 2.30. The van der Waals surface area contributed by atoms with Crippen molar-refractivity contribution in [2.24, 2.45) is 0 Å². The summed E-state index contributed by atoms with van der Waals surface area (Å²) in [6.45, 7) is 0.142. The Labute approximate surface area is 122 Å². The van der Waals surface area contributed by atoms with E-state index in [9.17, 15) is 14.7 Å². The van der Waals surface area contributed by atoms with E-state index in [1.807, 2.05) is 0 Å². The van der Waals surface area contributed by atoms with E-state index in [2.05, 4.69) is 0 Å². The summed E-state index contributed by atoms with van der Waals surface area (Å²) in [6, 6.07) is 4.17. The summed E-state index contributed by atoms with van der Waals surface area (Å²) in [7, 11) is 4.36. The van der Waals surface area contributed by atoms with Gasteiger partial charge in [0, 0.05) is 18.7 Å². The van der Waals surface area contributed by atoms with Crippen LogP contribution in [-0.2, 0) is 20.9 Å². The van der Waals surface area contributed by atoms with Crippen molar-refractivity contribution in [3.8, 4) is 11.5 Å². The minimum atomic E-state index is -1.09. The number of hydrogen-bond donors (Lipinski definition) is 1. The van der Waals surface area contributed by atoms with Crippen molar-refractivity contribution in [2.75, 3.05) is 21.3 Å². The van der Waals surface area contributed by atoms with Gasteiger partial charge < -0.3 is 24.2 Å². The number of carbonyl (C=O) groups is 2. The number of hydrogen-bond acceptors (Lipinski definition) is 5. The van der Waals surface area contributed by atoms with Crippen LogP contribution < -0.4 is 9.47 Å². The van der Waals surface area contributed by atoms with Crippen molar-refractivity contribution in [1.29, 1.82) is 0 Å². The Bertz CT molecular complexity index is 558. The molecule has 0 radical (unpaired) electrons. The van der Waals surface area contributed by atoms with Gasteiger partial charge in [-0.2, -0.15) is 0 Å². The first-order chi connectivity index (χ1) is 10.0. The van der Waals surface area contributed by atoms with E-state index in [1.165, 1.54) is 26.2 Å². The Morgan fingerprint density at radius 2 is 2.00 bits per heavy atom. The second-order valence-corrected chi connectivity index (χ2v) is 4.58. The topological polar surface area (TPSA) is 85.3 Å². The van der Waals surface area contributed by atoms with Crippen LogP contribution in [0.2, 0.25) is 0 Å². The Kier molecular flexibility index (Phi) is 4.32. The third-order valence-electron chi connectivity index (χ3n) is 3.49. The maximum atomic E-state index is 11.9. The Hall–Kier alpha value is -2.28. The van der Waals surface area contributed by atoms with E-state index in [0.29, 0.717) is 17.1 Å². The maximum absolute atomic E-state index is 11.9. The number of ether oxygens (including phenoxy) is 3. The van der Waals surface area contributed by atoms with E-state index < -0.39 is 18.1 Å². The molecule has 1 aliphatic heterocycles. The van der Waals surface area contributed by atoms with E-state index in [0.717, 1.165) is 0 Å². The molecule has 1 fully saturated rings. The fraction of sp³-hybridized carbons (Fsp3) is 0.429. The highest BCUT2D eigenvalue weighted by Gasteiger charge is 2.52. The first-order valence-corrected chi connectivity index (χ1v) is 6.30. The van der Waals surface area contributed by atoms with E-state index in [1.54, 1.807) is 18.2 Å². The zero-order chi connectivity index (χ0) is 15.6. The average molecular weight is 295 g/mol. The number of rotatable bonds is 6. The smallest absolute Gasteiger partial charge is 0.329 e. The van der Waals surface area contributed by atoms with Crippen LogP contribution in [0.25, 0.3) is 0 Å². The Morgan fingerprint density at radius 3 is 2.52 bits per heavy atom. The molecule has 1 heterocycles. The largest absolute Gasteiger partial charge is 0.497 e. The predicted molar refractivity (Wildman–Crippen MR) is 72.3 cm³/mol. The number of aliphatic carboxylic acids is 1. The van der Waals surface area contributed by atoms with E-state index in [4.69, 9.17) is 14.2 Å². The van der Waals surface area contributed by atoms with Crippen LogP contribution in [-0.4, -0.2) is 55.4 Å². The standard InChI is InChI=1S/C14H17NO6/c1-19-9-5-4-8(10(6-9)20-2)7-15-11(14(17)18)12(21-3)13(15)16/h4-6,11-12H,7H2,1-3H3,(H,17,18)/t11-,12-/m0/s1. The number of amides is 1. The number of benzene rings is 1. The van der Waals surface area contributed by atoms with Crippen molar-refractivity contribution in [1.82, 2.24) is 4.90 Å². The second kappa shape index (κ2) is 6.01. The molecule has 21 heavy (non-hydrogen) atoms. The lowest BCUT2D eigenvalue weighted by molar-refractivity contribution is -0.183. The van der Waals surface area contributed by atoms with Gasteiger partial charge in [-0.15, -0.1) is 0 Å². The molecular weight excluding hydrogens is 278 g/mol. The molecule has 0 spiro atoms. The Balaban J connectivity index is 2.21. The summed E-state index contributed by atoms with van der Waals surface area (Å²) < 4.78 is 15.3. The van der Waals surface area contributed by atoms with Crippen molar-refractivity contribution in [3.63, 3.8) is 0 Å². The number of β-lactam (4-membered cyclic amide) rings is 1. The molecular formula is C14H17NO6. The SMILES string of the molecule is COc1ccc(CN2C(=O)[C@@H](OC)[C@H]2C(=O)O)c(OC)c1. The lowest BCUT2D eigenvalue weighted by Gasteiger charge is -2.43. The lowest BCUT2D eigenvalue weighted by Crippen LogP contribution is -2.67. The summed E-state index contributed by atoms with van der Waals surface area (Å²) in [5.74, 6) is -0.279. The van der Waals surface area contributed by atoms with Gasteiger partial charge in [0.1, 0.15) is 11.5 Å². The molecule has 7 nitrogen and oxygen atoms in total. The predicted octanol–water partition coefficient (Wildman–Crippen LogP) is 0.514. The number of carbonyl (C=O) groups excluding carboxylic acids is 1. The molecule has 0 aliphatic carbocycles. The lowest BCUT2D eigenvalue weighted by atomic mass is 9.96. The molecule has 2 atom stereocenters. The molecule has 1 N–H and O–H groups in total. The molecule has 114 valence electrons. The zero-order valence-corrected chi connectivity index (χ0v) is 12.0. The summed E-state index contributed by atoms with van der Waals surface area (Å²) in [5.41, 5.74) is 0.701. The number of carboxylic acids is 1. The number of likely N-dealkylation sites (tertiary alicyclic amines) is 1. The zero-order valence-electron chi connectivity index (χ0n) is 12.0. The third kappa shape index (κ3) is 2.64. The number of carboxylic acid groups (broad SMARTS) is 1. The fourth-order valence-electron chi connectivity index (χ4n) is 2.35. The maximum Gasteiger partial charge on any atom is 0.329 e. The quantitative estimate of drug-likeness (QED) is 0.770. The highest BCUT2D eigenvalue weighted by molar-refractivity contribution is 5.98. The number of methoxy groups -OCH3 is 3. The van der Waals surface area contributed by atoms with Gasteiger partial charge in [-0.05, 0) is 12.1 Å². The summed E-state index contributed by atoms with van der Waals surface area (Å²) >= 11 is 0. The van der Waals surface area contributed by atoms with Crippen LogP contribution in [0.15, 0.2) is 18.2 Å². The van der Waals surface area contributed by atoms with Crippen LogP contribution in [0, 0.1) is 0 Å². The molecule has 0 aromatic heterocycles. The van der Waals surface area contributed by atoms with Gasteiger partial charge in [0.25, 0.3) is 5.91 Å². The van der Waals surface area contributed by atoms with E-state index in [-0.39, 0.29) is 12.5 Å². The molecule has 1 saturated heterocycles. The van der Waals surface area contributed by atoms with Crippen LogP contribution in [0.3, 0.4) is 0 Å². The normalized spacial score (nSPS) is 20.9. The summed E-state index contributed by atoms with van der Waals surface area (Å²) in [5, 5.41) is 9.18. The van der Waals surface area contributed by atoms with Gasteiger partial charge in [-0.3, -0.25) is 4.79 Å². The molecule has 0 saturated carbocycles.